The Morgan fingerprint density at radius 1 is 1.38 bits per heavy atom. The normalized spacial score (nSPS) is 10.3. The summed E-state index contributed by atoms with van der Waals surface area (Å²) >= 11 is 0. The van der Waals surface area contributed by atoms with Gasteiger partial charge in [0, 0.05) is 13.6 Å². The fourth-order valence-electron chi connectivity index (χ4n) is 1.15. The minimum atomic E-state index is 0.462. The molecule has 0 spiro atoms. The van der Waals surface area contributed by atoms with Crippen LogP contribution in [0.5, 0.6) is 11.6 Å². The zero-order chi connectivity index (χ0) is 12.0. The number of nitrogens with one attached hydrogen (secondary N) is 1. The molecule has 0 amide bonds. The minimum absolute atomic E-state index is 0.462. The summed E-state index contributed by atoms with van der Waals surface area (Å²) in [6.45, 7) is 1.38. The van der Waals surface area contributed by atoms with Gasteiger partial charge in [-0.15, -0.1) is 0 Å². The summed E-state index contributed by atoms with van der Waals surface area (Å²) in [6, 6.07) is 0. The maximum Gasteiger partial charge on any atom is 0.262 e. The number of nitrogens with zero attached hydrogens (tertiary/aromatic N) is 3. The molecule has 1 aromatic rings. The first-order chi connectivity index (χ1) is 7.69. The lowest BCUT2D eigenvalue weighted by Crippen LogP contribution is -2.20. The predicted octanol–water partition coefficient (Wildman–Crippen LogP) is 0.467. The van der Waals surface area contributed by atoms with Crippen molar-refractivity contribution in [1.82, 2.24) is 14.9 Å². The van der Waals surface area contributed by atoms with Crippen LogP contribution < -0.4 is 14.8 Å². The van der Waals surface area contributed by atoms with Gasteiger partial charge in [0.25, 0.3) is 5.88 Å². The first kappa shape index (κ1) is 12.5. The highest BCUT2D eigenvalue weighted by atomic mass is 16.5. The van der Waals surface area contributed by atoms with Crippen LogP contribution in [-0.4, -0.2) is 56.3 Å². The lowest BCUT2D eigenvalue weighted by molar-refractivity contribution is 0.242. The molecule has 1 rings (SSSR count). The van der Waals surface area contributed by atoms with Crippen LogP contribution in [0.1, 0.15) is 0 Å². The second-order valence-corrected chi connectivity index (χ2v) is 3.46. The molecule has 0 atom stereocenters. The molecule has 0 bridgehead atoms. The Labute approximate surface area is 95.6 Å². The van der Waals surface area contributed by atoms with Crippen LogP contribution in [0.3, 0.4) is 0 Å². The largest absolute Gasteiger partial charge is 0.489 e. The molecule has 0 aliphatic rings. The highest BCUT2D eigenvalue weighted by Gasteiger charge is 2.11. The van der Waals surface area contributed by atoms with Crippen molar-refractivity contribution in [2.24, 2.45) is 0 Å². The molecule has 0 aliphatic heterocycles. The van der Waals surface area contributed by atoms with E-state index in [2.05, 4.69) is 15.3 Å². The molecule has 0 radical (unpaired) electrons. The summed E-state index contributed by atoms with van der Waals surface area (Å²) in [5, 5.41) is 2.92. The average molecular weight is 226 g/mol. The van der Waals surface area contributed by atoms with Gasteiger partial charge in [-0.2, -0.15) is 4.98 Å². The van der Waals surface area contributed by atoms with E-state index in [0.717, 1.165) is 6.54 Å². The van der Waals surface area contributed by atoms with Gasteiger partial charge < -0.3 is 19.7 Å². The number of hydrogen-bond acceptors (Lipinski definition) is 6. The molecule has 0 aromatic carbocycles. The summed E-state index contributed by atoms with van der Waals surface area (Å²) in [4.78, 5) is 10.1. The third kappa shape index (κ3) is 3.23. The Balaban J connectivity index is 2.71. The quantitative estimate of drug-likeness (QED) is 0.760. The maximum absolute atomic E-state index is 5.52. The van der Waals surface area contributed by atoms with Gasteiger partial charge in [0.2, 0.25) is 5.75 Å². The summed E-state index contributed by atoms with van der Waals surface area (Å²) in [7, 11) is 7.31. The van der Waals surface area contributed by atoms with Gasteiger partial charge in [-0.1, -0.05) is 0 Å². The van der Waals surface area contributed by atoms with Gasteiger partial charge in [0.15, 0.2) is 5.82 Å². The number of ether oxygens (including phenoxy) is 2. The number of aromatic nitrogens is 2. The fourth-order valence-corrected chi connectivity index (χ4v) is 1.15. The van der Waals surface area contributed by atoms with E-state index in [1.807, 2.05) is 19.0 Å². The number of hydrogen-bond donors (Lipinski definition) is 1. The number of likely N-dealkylation sites (N-methyl/N-ethyl adjacent to an activating group) is 1. The number of rotatable bonds is 6. The third-order valence-corrected chi connectivity index (χ3v) is 1.99. The summed E-state index contributed by atoms with van der Waals surface area (Å²) in [5.41, 5.74) is 0. The molecule has 0 saturated heterocycles. The van der Waals surface area contributed by atoms with Crippen molar-refractivity contribution in [2.75, 3.05) is 46.7 Å². The number of methoxy groups -OCH3 is 1. The predicted molar refractivity (Wildman–Crippen MR) is 62.2 cm³/mol. The summed E-state index contributed by atoms with van der Waals surface area (Å²) in [6.07, 6.45) is 1.44. The van der Waals surface area contributed by atoms with Crippen LogP contribution in [0.25, 0.3) is 0 Å². The topological polar surface area (TPSA) is 59.5 Å². The van der Waals surface area contributed by atoms with E-state index >= 15 is 0 Å². The smallest absolute Gasteiger partial charge is 0.262 e. The van der Waals surface area contributed by atoms with Crippen LogP contribution in [0.2, 0.25) is 0 Å². The second-order valence-electron chi connectivity index (χ2n) is 3.46. The molecule has 16 heavy (non-hydrogen) atoms. The molecular formula is C10H18N4O2. The van der Waals surface area contributed by atoms with E-state index in [9.17, 15) is 0 Å². The van der Waals surface area contributed by atoms with Crippen LogP contribution in [0, 0.1) is 0 Å². The molecule has 6 nitrogen and oxygen atoms in total. The van der Waals surface area contributed by atoms with Crippen LogP contribution in [0.4, 0.5) is 5.82 Å². The van der Waals surface area contributed by atoms with Gasteiger partial charge >= 0.3 is 0 Å². The minimum Gasteiger partial charge on any atom is -0.489 e. The van der Waals surface area contributed by atoms with Crippen LogP contribution in [0.15, 0.2) is 6.33 Å². The highest BCUT2D eigenvalue weighted by molar-refractivity contribution is 5.54. The molecule has 0 aliphatic carbocycles. The number of anilines is 1. The van der Waals surface area contributed by atoms with Crippen molar-refractivity contribution in [3.63, 3.8) is 0 Å². The van der Waals surface area contributed by atoms with Gasteiger partial charge in [-0.3, -0.25) is 0 Å². The lowest BCUT2D eigenvalue weighted by atomic mass is 10.5. The fraction of sp³-hybridized carbons (Fsp3) is 0.600. The van der Waals surface area contributed by atoms with Gasteiger partial charge in [-0.25, -0.2) is 4.98 Å². The zero-order valence-electron chi connectivity index (χ0n) is 10.1. The highest BCUT2D eigenvalue weighted by Crippen LogP contribution is 2.30. The first-order valence-electron chi connectivity index (χ1n) is 5.03. The standard InChI is InChI=1S/C10H18N4O2/c1-11-9-8(15-4)10(13-7-12-9)16-6-5-14(2)3/h7H,5-6H2,1-4H3,(H,11,12,13). The molecule has 0 saturated carbocycles. The van der Waals surface area contributed by atoms with Gasteiger partial charge in [0.1, 0.15) is 12.9 Å². The van der Waals surface area contributed by atoms with Crippen molar-refractivity contribution in [3.8, 4) is 11.6 Å². The Hall–Kier alpha value is -1.56. The maximum atomic E-state index is 5.52. The molecule has 1 heterocycles. The molecule has 90 valence electrons. The summed E-state index contributed by atoms with van der Waals surface area (Å²) < 4.78 is 10.7. The van der Waals surface area contributed by atoms with Crippen molar-refractivity contribution in [3.05, 3.63) is 6.33 Å². The Morgan fingerprint density at radius 2 is 2.12 bits per heavy atom. The van der Waals surface area contributed by atoms with E-state index in [4.69, 9.17) is 9.47 Å². The SMILES string of the molecule is CNc1ncnc(OCCN(C)C)c1OC. The molecule has 0 fully saturated rings. The molecular weight excluding hydrogens is 208 g/mol. The molecule has 0 unspecified atom stereocenters. The van der Waals surface area contributed by atoms with E-state index < -0.39 is 0 Å². The Morgan fingerprint density at radius 3 is 2.69 bits per heavy atom. The second kappa shape index (κ2) is 6.12. The Kier molecular flexibility index (Phi) is 4.78. The average Bonchev–Trinajstić information content (AvgIpc) is 2.28. The lowest BCUT2D eigenvalue weighted by Gasteiger charge is -2.13. The third-order valence-electron chi connectivity index (χ3n) is 1.99. The first-order valence-corrected chi connectivity index (χ1v) is 5.03. The van der Waals surface area contributed by atoms with E-state index in [1.54, 1.807) is 14.2 Å². The summed E-state index contributed by atoms with van der Waals surface area (Å²) in [5.74, 6) is 1.62. The Bertz CT molecular complexity index is 331. The van der Waals surface area contributed by atoms with Gasteiger partial charge in [-0.05, 0) is 14.1 Å². The molecule has 1 N–H and O–H groups in total. The zero-order valence-corrected chi connectivity index (χ0v) is 10.1. The van der Waals surface area contributed by atoms with E-state index in [1.165, 1.54) is 6.33 Å². The van der Waals surface area contributed by atoms with Gasteiger partial charge in [0.05, 0.1) is 7.11 Å². The molecule has 6 heteroatoms. The van der Waals surface area contributed by atoms with Crippen molar-refractivity contribution in [2.45, 2.75) is 0 Å². The van der Waals surface area contributed by atoms with E-state index in [-0.39, 0.29) is 0 Å². The van der Waals surface area contributed by atoms with E-state index in [0.29, 0.717) is 24.1 Å². The van der Waals surface area contributed by atoms with Crippen molar-refractivity contribution >= 4 is 5.82 Å². The van der Waals surface area contributed by atoms with Crippen LogP contribution >= 0.6 is 0 Å². The monoisotopic (exact) mass is 226 g/mol. The van der Waals surface area contributed by atoms with Crippen molar-refractivity contribution in [1.29, 1.82) is 0 Å². The van der Waals surface area contributed by atoms with Crippen LogP contribution in [-0.2, 0) is 0 Å². The van der Waals surface area contributed by atoms with Crippen molar-refractivity contribution < 1.29 is 9.47 Å². The molecule has 1 aromatic heterocycles.